The van der Waals surface area contributed by atoms with Crippen LogP contribution in [0.15, 0.2) is 54.7 Å². The molecule has 114 valence electrons. The molecule has 0 unspecified atom stereocenters. The normalized spacial score (nSPS) is 10.5. The molecule has 0 saturated heterocycles. The number of methoxy groups -OCH3 is 2. The Balaban J connectivity index is 2.09. The SMILES string of the molecule is COc1ccc(C(=O)/C=C/Nc2ccccc2F)cc1OC. The van der Waals surface area contributed by atoms with Crippen molar-refractivity contribution in [3.05, 3.63) is 66.1 Å². The number of ether oxygens (including phenoxy) is 2. The average molecular weight is 301 g/mol. The van der Waals surface area contributed by atoms with Gasteiger partial charge in [0.15, 0.2) is 17.3 Å². The number of nitrogens with one attached hydrogen (secondary N) is 1. The summed E-state index contributed by atoms with van der Waals surface area (Å²) in [5.74, 6) is 0.409. The lowest BCUT2D eigenvalue weighted by molar-refractivity contribution is 0.104. The van der Waals surface area contributed by atoms with Crippen molar-refractivity contribution < 1.29 is 18.7 Å². The maximum absolute atomic E-state index is 13.4. The first kappa shape index (κ1) is 15.6. The van der Waals surface area contributed by atoms with E-state index in [1.807, 2.05) is 0 Å². The van der Waals surface area contributed by atoms with Gasteiger partial charge in [0.25, 0.3) is 0 Å². The van der Waals surface area contributed by atoms with Gasteiger partial charge in [0.2, 0.25) is 0 Å². The van der Waals surface area contributed by atoms with Crippen LogP contribution in [0.5, 0.6) is 11.5 Å². The number of carbonyl (C=O) groups is 1. The van der Waals surface area contributed by atoms with Gasteiger partial charge in [0.1, 0.15) is 5.82 Å². The molecule has 22 heavy (non-hydrogen) atoms. The highest BCUT2D eigenvalue weighted by atomic mass is 19.1. The topological polar surface area (TPSA) is 47.6 Å². The van der Waals surface area contributed by atoms with Crippen LogP contribution in [0.3, 0.4) is 0 Å². The molecule has 5 heteroatoms. The zero-order valence-electron chi connectivity index (χ0n) is 12.3. The van der Waals surface area contributed by atoms with Crippen LogP contribution in [-0.2, 0) is 0 Å². The molecule has 0 spiro atoms. The van der Waals surface area contributed by atoms with Crippen LogP contribution in [-0.4, -0.2) is 20.0 Å². The predicted molar refractivity (Wildman–Crippen MR) is 83.0 cm³/mol. The fourth-order valence-corrected chi connectivity index (χ4v) is 1.87. The van der Waals surface area contributed by atoms with E-state index in [1.54, 1.807) is 36.4 Å². The maximum Gasteiger partial charge on any atom is 0.187 e. The zero-order chi connectivity index (χ0) is 15.9. The first-order valence-electron chi connectivity index (χ1n) is 6.59. The van der Waals surface area contributed by atoms with Crippen LogP contribution in [0.25, 0.3) is 0 Å². The molecule has 2 rings (SSSR count). The lowest BCUT2D eigenvalue weighted by Gasteiger charge is -2.08. The van der Waals surface area contributed by atoms with Gasteiger partial charge in [-0.15, -0.1) is 0 Å². The third kappa shape index (κ3) is 3.63. The van der Waals surface area contributed by atoms with Crippen molar-refractivity contribution in [3.63, 3.8) is 0 Å². The molecule has 0 aliphatic carbocycles. The number of hydrogen-bond donors (Lipinski definition) is 1. The van der Waals surface area contributed by atoms with E-state index in [1.165, 1.54) is 32.6 Å². The van der Waals surface area contributed by atoms with E-state index >= 15 is 0 Å². The lowest BCUT2D eigenvalue weighted by atomic mass is 10.1. The average Bonchev–Trinajstić information content (AvgIpc) is 2.55. The molecule has 0 aliphatic heterocycles. The Morgan fingerprint density at radius 1 is 1.09 bits per heavy atom. The minimum Gasteiger partial charge on any atom is -0.493 e. The van der Waals surface area contributed by atoms with Gasteiger partial charge >= 0.3 is 0 Å². The van der Waals surface area contributed by atoms with E-state index in [0.717, 1.165) is 0 Å². The monoisotopic (exact) mass is 301 g/mol. The number of anilines is 1. The molecule has 0 aromatic heterocycles. The Hall–Kier alpha value is -2.82. The summed E-state index contributed by atoms with van der Waals surface area (Å²) in [4.78, 5) is 12.1. The molecule has 2 aromatic rings. The third-order valence-electron chi connectivity index (χ3n) is 3.02. The van der Waals surface area contributed by atoms with Gasteiger partial charge < -0.3 is 14.8 Å². The van der Waals surface area contributed by atoms with Gasteiger partial charge in [0, 0.05) is 17.8 Å². The van der Waals surface area contributed by atoms with Crippen LogP contribution in [0.1, 0.15) is 10.4 Å². The Bertz CT molecular complexity index is 698. The van der Waals surface area contributed by atoms with Gasteiger partial charge in [0.05, 0.1) is 19.9 Å². The van der Waals surface area contributed by atoms with Crippen molar-refractivity contribution in [1.29, 1.82) is 0 Å². The van der Waals surface area contributed by atoms with Crippen LogP contribution in [0.4, 0.5) is 10.1 Å². The number of hydrogen-bond acceptors (Lipinski definition) is 4. The molecule has 0 saturated carbocycles. The van der Waals surface area contributed by atoms with E-state index in [0.29, 0.717) is 22.7 Å². The largest absolute Gasteiger partial charge is 0.493 e. The Morgan fingerprint density at radius 2 is 1.82 bits per heavy atom. The van der Waals surface area contributed by atoms with Crippen LogP contribution >= 0.6 is 0 Å². The zero-order valence-corrected chi connectivity index (χ0v) is 12.3. The van der Waals surface area contributed by atoms with Crippen molar-refractivity contribution in [3.8, 4) is 11.5 Å². The number of ketones is 1. The fourth-order valence-electron chi connectivity index (χ4n) is 1.87. The minimum atomic E-state index is -0.384. The first-order valence-corrected chi connectivity index (χ1v) is 6.59. The predicted octanol–water partition coefficient (Wildman–Crippen LogP) is 3.65. The molecule has 0 heterocycles. The highest BCUT2D eigenvalue weighted by Gasteiger charge is 2.08. The summed E-state index contributed by atoms with van der Waals surface area (Å²) in [5.41, 5.74) is 0.753. The summed E-state index contributed by atoms with van der Waals surface area (Å²) in [6, 6.07) is 11.1. The van der Waals surface area contributed by atoms with Gasteiger partial charge in [-0.05, 0) is 30.3 Å². The number of benzene rings is 2. The Labute approximate surface area is 128 Å². The van der Waals surface area contributed by atoms with E-state index < -0.39 is 0 Å². The number of allylic oxidation sites excluding steroid dienone is 1. The number of para-hydroxylation sites is 1. The summed E-state index contributed by atoms with van der Waals surface area (Å²) in [5, 5.41) is 2.73. The van der Waals surface area contributed by atoms with E-state index in [-0.39, 0.29) is 11.6 Å². The van der Waals surface area contributed by atoms with E-state index in [9.17, 15) is 9.18 Å². The van der Waals surface area contributed by atoms with Crippen molar-refractivity contribution in [2.45, 2.75) is 0 Å². The van der Waals surface area contributed by atoms with Crippen molar-refractivity contribution in [2.24, 2.45) is 0 Å². The second kappa shape index (κ2) is 7.26. The summed E-state index contributed by atoms with van der Waals surface area (Å²) < 4.78 is 23.7. The minimum absolute atomic E-state index is 0.232. The molecular formula is C17H16FNO3. The maximum atomic E-state index is 13.4. The smallest absolute Gasteiger partial charge is 0.187 e. The molecule has 0 fully saturated rings. The van der Waals surface area contributed by atoms with Crippen molar-refractivity contribution >= 4 is 11.5 Å². The molecule has 0 bridgehead atoms. The Kier molecular flexibility index (Phi) is 5.14. The van der Waals surface area contributed by atoms with Gasteiger partial charge in [-0.2, -0.15) is 0 Å². The third-order valence-corrected chi connectivity index (χ3v) is 3.02. The molecule has 0 amide bonds. The van der Waals surface area contributed by atoms with Gasteiger partial charge in [-0.3, -0.25) is 4.79 Å². The first-order chi connectivity index (χ1) is 10.7. The summed E-state index contributed by atoms with van der Waals surface area (Å²) in [6.07, 6.45) is 2.73. The van der Waals surface area contributed by atoms with Crippen molar-refractivity contribution in [2.75, 3.05) is 19.5 Å². The Morgan fingerprint density at radius 3 is 2.50 bits per heavy atom. The standard InChI is InChI=1S/C17H16FNO3/c1-21-16-8-7-12(11-17(16)22-2)15(20)9-10-19-14-6-4-3-5-13(14)18/h3-11,19H,1-2H3/b10-9+. The molecule has 0 atom stereocenters. The molecule has 0 aliphatic rings. The molecule has 2 aromatic carbocycles. The van der Waals surface area contributed by atoms with E-state index in [2.05, 4.69) is 5.32 Å². The second-order valence-corrected chi connectivity index (χ2v) is 4.39. The summed E-state index contributed by atoms with van der Waals surface area (Å²) in [7, 11) is 3.03. The number of rotatable bonds is 6. The number of carbonyl (C=O) groups excluding carboxylic acids is 1. The van der Waals surface area contributed by atoms with Crippen LogP contribution in [0.2, 0.25) is 0 Å². The van der Waals surface area contributed by atoms with Crippen molar-refractivity contribution in [1.82, 2.24) is 0 Å². The summed E-state index contributed by atoms with van der Waals surface area (Å²) >= 11 is 0. The number of halogens is 1. The molecule has 1 N–H and O–H groups in total. The van der Waals surface area contributed by atoms with Gasteiger partial charge in [-0.1, -0.05) is 12.1 Å². The second-order valence-electron chi connectivity index (χ2n) is 4.39. The lowest BCUT2D eigenvalue weighted by Crippen LogP contribution is -1.99. The quantitative estimate of drug-likeness (QED) is 0.653. The molecule has 4 nitrogen and oxygen atoms in total. The molecular weight excluding hydrogens is 285 g/mol. The highest BCUT2D eigenvalue weighted by Crippen LogP contribution is 2.27. The molecule has 0 radical (unpaired) electrons. The summed E-state index contributed by atoms with van der Waals surface area (Å²) in [6.45, 7) is 0. The highest BCUT2D eigenvalue weighted by molar-refractivity contribution is 6.05. The fraction of sp³-hybridized carbons (Fsp3) is 0.118. The van der Waals surface area contributed by atoms with Gasteiger partial charge in [-0.25, -0.2) is 4.39 Å². The van der Waals surface area contributed by atoms with E-state index in [4.69, 9.17) is 9.47 Å². The van der Waals surface area contributed by atoms with Crippen LogP contribution in [0, 0.1) is 5.82 Å². The van der Waals surface area contributed by atoms with Crippen LogP contribution < -0.4 is 14.8 Å².